The second kappa shape index (κ2) is 26.7. The van der Waals surface area contributed by atoms with E-state index < -0.39 is 29.6 Å². The molecule has 0 aromatic heterocycles. The van der Waals surface area contributed by atoms with Gasteiger partial charge in [-0.3, -0.25) is 9.59 Å². The fraction of sp³-hybridized carbons (Fsp3) is 0.375. The van der Waals surface area contributed by atoms with Crippen LogP contribution in [0.15, 0.2) is 12.2 Å². The number of thiol groups is 2. The van der Waals surface area contributed by atoms with Crippen LogP contribution in [0.4, 0.5) is 0 Å². The number of carboxylic acids is 3. The van der Waals surface area contributed by atoms with Crippen LogP contribution in [0.3, 0.4) is 0 Å². The number of hydrogen-bond donors (Lipinski definition) is 3. The maximum atomic E-state index is 9.90. The van der Waals surface area contributed by atoms with Crippen molar-refractivity contribution in [3.63, 3.8) is 0 Å². The zero-order valence-corrected chi connectivity index (χ0v) is 19.7. The molecule has 0 aliphatic carbocycles. The van der Waals surface area contributed by atoms with E-state index in [0.717, 1.165) is 12.2 Å². The van der Waals surface area contributed by atoms with Gasteiger partial charge in [0, 0.05) is 0 Å². The average molecular weight is 368 g/mol. The van der Waals surface area contributed by atoms with E-state index in [1.54, 1.807) is 0 Å². The van der Waals surface area contributed by atoms with E-state index in [1.807, 2.05) is 0 Å². The van der Waals surface area contributed by atoms with E-state index in [0.29, 0.717) is 0 Å². The van der Waals surface area contributed by atoms with Gasteiger partial charge in [0.25, 0.3) is 0 Å². The molecule has 1 unspecified atom stereocenters. The van der Waals surface area contributed by atoms with E-state index in [1.165, 1.54) is 0 Å². The van der Waals surface area contributed by atoms with E-state index in [9.17, 15) is 19.5 Å². The molecule has 21 heavy (non-hydrogen) atoms. The van der Waals surface area contributed by atoms with Crippen LogP contribution in [-0.2, 0) is 32.8 Å². The number of carbonyl (C=O) groups excluding carboxylic acids is 1. The van der Waals surface area contributed by atoms with Crippen LogP contribution in [0.5, 0.6) is 0 Å². The van der Waals surface area contributed by atoms with Crippen molar-refractivity contribution in [2.75, 3.05) is 6.61 Å². The number of hydrogen-bond acceptors (Lipinski definition) is 8. The van der Waals surface area contributed by atoms with Gasteiger partial charge in [-0.15, -0.1) is 0 Å². The third-order valence-electron chi connectivity index (χ3n) is 1.07. The summed E-state index contributed by atoms with van der Waals surface area (Å²) in [6.07, 6.45) is 1.35. The van der Waals surface area contributed by atoms with Crippen LogP contribution >= 0.6 is 12.6 Å². The first-order valence-electron chi connectivity index (χ1n) is 4.06. The second-order valence-electron chi connectivity index (χ2n) is 2.46. The molecule has 0 aliphatic heterocycles. The molecule has 106 valence electrons. The molecule has 0 aromatic carbocycles. The monoisotopic (exact) mass is 368 g/mol. The maximum Gasteiger partial charge on any atom is 1.00 e. The largest absolute Gasteiger partial charge is 1.00 e. The number of rotatable bonds is 6. The zero-order chi connectivity index (χ0) is 13.8. The standard InChI is InChI=1S/C4H6O4S.C4H6O4.3Na.H2S/c5-3(6)1-2(9)4(7)8;5-4(6)2-1-3-8-7;;;;/h2,9H,1H2,(H,5,6)(H,7,8);1-2,7H,3H2,(H,5,6);;;;1H2/q;;3*+1;/p-3. The molecule has 0 radical (unpaired) electrons. The molecule has 0 fully saturated rings. The van der Waals surface area contributed by atoms with Crippen LogP contribution in [0.2, 0.25) is 0 Å². The molecule has 0 aromatic rings. The number of carbonyl (C=O) groups is 3. The molecule has 0 rings (SSSR count). The second-order valence-corrected chi connectivity index (χ2v) is 3.08. The molecule has 8 nitrogen and oxygen atoms in total. The van der Waals surface area contributed by atoms with Crippen LogP contribution < -0.4 is 99.0 Å². The Morgan fingerprint density at radius 2 is 1.62 bits per heavy atom. The SMILES string of the molecule is O=C(O)CC(S)C(=O)O.O=C([O-])C=CCO[O-].[Na+].[Na+].[Na+].[SH-]. The van der Waals surface area contributed by atoms with Gasteiger partial charge in [0.15, 0.2) is 0 Å². The Hall–Kier alpha value is 1.77. The van der Waals surface area contributed by atoms with Crippen LogP contribution in [0, 0.1) is 0 Å². The predicted molar refractivity (Wildman–Crippen MR) is 61.5 cm³/mol. The van der Waals surface area contributed by atoms with Crippen molar-refractivity contribution in [2.24, 2.45) is 0 Å². The number of aliphatic carboxylic acids is 3. The predicted octanol–water partition coefficient (Wildman–Crippen LogP) is -11.8. The van der Waals surface area contributed by atoms with Gasteiger partial charge in [-0.25, -0.2) is 0 Å². The summed E-state index contributed by atoms with van der Waals surface area (Å²) in [5.74, 6) is -3.69. The van der Waals surface area contributed by atoms with Crippen molar-refractivity contribution in [2.45, 2.75) is 11.7 Å². The van der Waals surface area contributed by atoms with E-state index >= 15 is 0 Å². The Balaban J connectivity index is -0.0000000452. The Morgan fingerprint density at radius 1 is 1.19 bits per heavy atom. The molecule has 0 heterocycles. The van der Waals surface area contributed by atoms with Crippen LogP contribution in [-0.4, -0.2) is 40.0 Å². The third-order valence-corrected chi connectivity index (χ3v) is 1.47. The summed E-state index contributed by atoms with van der Waals surface area (Å²) in [6.45, 7) is -0.242. The van der Waals surface area contributed by atoms with Gasteiger partial charge in [0.1, 0.15) is 5.25 Å². The summed E-state index contributed by atoms with van der Waals surface area (Å²) in [4.78, 5) is 32.5. The normalized spacial score (nSPS) is 9.24. The van der Waals surface area contributed by atoms with Gasteiger partial charge in [-0.2, -0.15) is 12.6 Å². The molecule has 0 saturated carbocycles. The van der Waals surface area contributed by atoms with Crippen molar-refractivity contribution in [1.82, 2.24) is 0 Å². The topological polar surface area (TPSA) is 147 Å². The van der Waals surface area contributed by atoms with Crippen molar-refractivity contribution in [1.29, 1.82) is 0 Å². The molecule has 2 N–H and O–H groups in total. The van der Waals surface area contributed by atoms with E-state index in [2.05, 4.69) is 17.5 Å². The smallest absolute Gasteiger partial charge is 0.813 e. The summed E-state index contributed by atoms with van der Waals surface area (Å²) >= 11 is 3.48. The Labute approximate surface area is 200 Å². The van der Waals surface area contributed by atoms with Gasteiger partial charge in [-0.05, 0) is 6.08 Å². The van der Waals surface area contributed by atoms with Crippen molar-refractivity contribution in [3.05, 3.63) is 12.2 Å². The molecule has 0 saturated heterocycles. The minimum Gasteiger partial charge on any atom is -0.813 e. The van der Waals surface area contributed by atoms with Gasteiger partial charge >= 0.3 is 101 Å². The van der Waals surface area contributed by atoms with Gasteiger partial charge < -0.3 is 43.8 Å². The third kappa shape index (κ3) is 39.0. The first-order valence-corrected chi connectivity index (χ1v) is 4.57. The first kappa shape index (κ1) is 38.4. The van der Waals surface area contributed by atoms with E-state index in [-0.39, 0.29) is 109 Å². The Morgan fingerprint density at radius 3 is 1.81 bits per heavy atom. The van der Waals surface area contributed by atoms with E-state index in [4.69, 9.17) is 15.5 Å². The fourth-order valence-corrected chi connectivity index (χ4v) is 0.593. The van der Waals surface area contributed by atoms with Gasteiger partial charge in [0.2, 0.25) is 0 Å². The molecule has 1 atom stereocenters. The molecular formula is C8H11Na3O8S2. The zero-order valence-electron chi connectivity index (χ0n) is 11.9. The van der Waals surface area contributed by atoms with Gasteiger partial charge in [-0.1, -0.05) is 6.08 Å². The minimum absolute atomic E-state index is 0. The minimum atomic E-state index is -1.33. The van der Waals surface area contributed by atoms with Crippen molar-refractivity contribution >= 4 is 44.0 Å². The van der Waals surface area contributed by atoms with Gasteiger partial charge in [0.05, 0.1) is 19.0 Å². The summed E-state index contributed by atoms with van der Waals surface area (Å²) < 4.78 is 0. The summed E-state index contributed by atoms with van der Waals surface area (Å²) in [5, 5.41) is 33.7. The average Bonchev–Trinajstić information content (AvgIpc) is 2.17. The first-order chi connectivity index (χ1) is 7.81. The molecule has 13 heteroatoms. The van der Waals surface area contributed by atoms with Crippen molar-refractivity contribution in [3.8, 4) is 0 Å². The molecular weight excluding hydrogens is 357 g/mol. The van der Waals surface area contributed by atoms with Crippen LogP contribution in [0.1, 0.15) is 6.42 Å². The molecule has 0 bridgehead atoms. The molecule has 0 amide bonds. The molecule has 0 aliphatic rings. The summed E-state index contributed by atoms with van der Waals surface area (Å²) in [7, 11) is 0. The van der Waals surface area contributed by atoms with Crippen molar-refractivity contribution < 1.29 is 129 Å². The number of carboxylic acid groups (broad SMARTS) is 3. The Bertz CT molecular complexity index is 303. The fourth-order valence-electron chi connectivity index (χ4n) is 0.436. The van der Waals surface area contributed by atoms with Crippen LogP contribution in [0.25, 0.3) is 0 Å². The summed E-state index contributed by atoms with van der Waals surface area (Å²) in [6, 6.07) is 0. The maximum absolute atomic E-state index is 9.90. The quantitative estimate of drug-likeness (QED) is 0.104. The summed E-state index contributed by atoms with van der Waals surface area (Å²) in [5.41, 5.74) is 0. The molecule has 0 spiro atoms. The Kier molecular flexibility index (Phi) is 48.7.